The SMILES string of the molecule is O=C(O)Cc1ccc(NC(=O)C2(Cc3ccccc3F)CC2)cc1. The molecular formula is C19H18FNO3. The monoisotopic (exact) mass is 327 g/mol. The highest BCUT2D eigenvalue weighted by Gasteiger charge is 2.49. The van der Waals surface area contributed by atoms with Crippen LogP contribution in [0.25, 0.3) is 0 Å². The third-order valence-corrected chi connectivity index (χ3v) is 4.39. The number of carbonyl (C=O) groups excluding carboxylic acids is 1. The van der Waals surface area contributed by atoms with E-state index in [9.17, 15) is 14.0 Å². The summed E-state index contributed by atoms with van der Waals surface area (Å²) in [7, 11) is 0. The summed E-state index contributed by atoms with van der Waals surface area (Å²) in [6.45, 7) is 0. The molecule has 0 aromatic heterocycles. The zero-order valence-electron chi connectivity index (χ0n) is 13.1. The van der Waals surface area contributed by atoms with Gasteiger partial charge in [0.05, 0.1) is 11.8 Å². The van der Waals surface area contributed by atoms with E-state index in [1.807, 2.05) is 0 Å². The third-order valence-electron chi connectivity index (χ3n) is 4.39. The Bertz CT molecular complexity index is 766. The molecule has 4 nitrogen and oxygen atoms in total. The maximum absolute atomic E-state index is 13.8. The smallest absolute Gasteiger partial charge is 0.307 e. The van der Waals surface area contributed by atoms with E-state index >= 15 is 0 Å². The number of halogens is 1. The first-order valence-electron chi connectivity index (χ1n) is 7.84. The van der Waals surface area contributed by atoms with Crippen molar-refractivity contribution in [1.82, 2.24) is 0 Å². The van der Waals surface area contributed by atoms with Crippen molar-refractivity contribution in [3.63, 3.8) is 0 Å². The van der Waals surface area contributed by atoms with E-state index in [4.69, 9.17) is 5.11 Å². The molecule has 0 heterocycles. The molecule has 0 saturated heterocycles. The van der Waals surface area contributed by atoms with E-state index in [1.165, 1.54) is 6.07 Å². The Hall–Kier alpha value is -2.69. The van der Waals surface area contributed by atoms with Crippen LogP contribution in [0.15, 0.2) is 48.5 Å². The van der Waals surface area contributed by atoms with Gasteiger partial charge in [-0.15, -0.1) is 0 Å². The molecule has 1 aliphatic rings. The fraction of sp³-hybridized carbons (Fsp3) is 0.263. The molecule has 1 amide bonds. The topological polar surface area (TPSA) is 66.4 Å². The normalized spacial score (nSPS) is 14.9. The van der Waals surface area contributed by atoms with Crippen LogP contribution in [0, 0.1) is 11.2 Å². The highest BCUT2D eigenvalue weighted by atomic mass is 19.1. The van der Waals surface area contributed by atoms with E-state index < -0.39 is 11.4 Å². The van der Waals surface area contributed by atoms with E-state index in [0.717, 1.165) is 12.8 Å². The minimum atomic E-state index is -0.895. The molecule has 24 heavy (non-hydrogen) atoms. The molecule has 3 rings (SSSR count). The quantitative estimate of drug-likeness (QED) is 0.854. The summed E-state index contributed by atoms with van der Waals surface area (Å²) in [5, 5.41) is 11.6. The van der Waals surface area contributed by atoms with Crippen molar-refractivity contribution >= 4 is 17.6 Å². The van der Waals surface area contributed by atoms with Gasteiger partial charge in [0.15, 0.2) is 0 Å². The lowest BCUT2D eigenvalue weighted by Crippen LogP contribution is -2.26. The number of nitrogens with one attached hydrogen (secondary N) is 1. The number of carbonyl (C=O) groups is 2. The van der Waals surface area contributed by atoms with Gasteiger partial charge < -0.3 is 10.4 Å². The molecule has 0 unspecified atom stereocenters. The molecule has 124 valence electrons. The summed E-state index contributed by atoms with van der Waals surface area (Å²) in [6.07, 6.45) is 1.82. The average molecular weight is 327 g/mol. The number of carboxylic acid groups (broad SMARTS) is 1. The first kappa shape index (κ1) is 16.2. The maximum atomic E-state index is 13.8. The maximum Gasteiger partial charge on any atom is 0.307 e. The molecule has 0 radical (unpaired) electrons. The van der Waals surface area contributed by atoms with Gasteiger partial charge in [0.25, 0.3) is 0 Å². The van der Waals surface area contributed by atoms with Gasteiger partial charge >= 0.3 is 5.97 Å². The van der Waals surface area contributed by atoms with Crippen LogP contribution in [0.1, 0.15) is 24.0 Å². The Balaban J connectivity index is 1.66. The van der Waals surface area contributed by atoms with Gasteiger partial charge in [-0.25, -0.2) is 4.39 Å². The van der Waals surface area contributed by atoms with E-state index in [2.05, 4.69) is 5.32 Å². The second-order valence-electron chi connectivity index (χ2n) is 6.27. The second-order valence-corrected chi connectivity index (χ2v) is 6.27. The van der Waals surface area contributed by atoms with E-state index in [0.29, 0.717) is 23.2 Å². The van der Waals surface area contributed by atoms with Gasteiger partial charge in [0.2, 0.25) is 5.91 Å². The van der Waals surface area contributed by atoms with E-state index in [1.54, 1.807) is 42.5 Å². The molecule has 0 atom stereocenters. The molecule has 2 N–H and O–H groups in total. The first-order valence-corrected chi connectivity index (χ1v) is 7.84. The minimum Gasteiger partial charge on any atom is -0.481 e. The predicted molar refractivity (Wildman–Crippen MR) is 88.2 cm³/mol. The van der Waals surface area contributed by atoms with Crippen molar-refractivity contribution in [3.05, 3.63) is 65.5 Å². The molecule has 1 aliphatic carbocycles. The van der Waals surface area contributed by atoms with Crippen LogP contribution in [0.4, 0.5) is 10.1 Å². The van der Waals surface area contributed by atoms with Crippen molar-refractivity contribution in [2.75, 3.05) is 5.32 Å². The van der Waals surface area contributed by atoms with Crippen LogP contribution < -0.4 is 5.32 Å². The molecular weight excluding hydrogens is 309 g/mol. The summed E-state index contributed by atoms with van der Waals surface area (Å²) >= 11 is 0. The summed E-state index contributed by atoms with van der Waals surface area (Å²) in [6, 6.07) is 13.3. The molecule has 0 spiro atoms. The van der Waals surface area contributed by atoms with Gasteiger partial charge in [-0.1, -0.05) is 30.3 Å². The van der Waals surface area contributed by atoms with Crippen molar-refractivity contribution in [2.45, 2.75) is 25.7 Å². The lowest BCUT2D eigenvalue weighted by molar-refractivity contribution is -0.136. The van der Waals surface area contributed by atoms with Crippen LogP contribution in [-0.2, 0) is 22.4 Å². The lowest BCUT2D eigenvalue weighted by atomic mass is 9.95. The number of anilines is 1. The summed E-state index contributed by atoms with van der Waals surface area (Å²) in [5.41, 5.74) is 1.31. The lowest BCUT2D eigenvalue weighted by Gasteiger charge is -2.16. The van der Waals surface area contributed by atoms with Crippen LogP contribution in [0.2, 0.25) is 0 Å². The minimum absolute atomic E-state index is 0.0502. The van der Waals surface area contributed by atoms with Crippen molar-refractivity contribution < 1.29 is 19.1 Å². The van der Waals surface area contributed by atoms with Crippen LogP contribution in [0.5, 0.6) is 0 Å². The number of benzene rings is 2. The Kier molecular flexibility index (Phi) is 4.34. The number of amides is 1. The fourth-order valence-corrected chi connectivity index (χ4v) is 2.79. The van der Waals surface area contributed by atoms with Crippen LogP contribution in [-0.4, -0.2) is 17.0 Å². The van der Waals surface area contributed by atoms with Gasteiger partial charge in [0.1, 0.15) is 5.82 Å². The molecule has 2 aromatic carbocycles. The van der Waals surface area contributed by atoms with Gasteiger partial charge in [0, 0.05) is 5.69 Å². The first-order chi connectivity index (χ1) is 11.5. The zero-order valence-corrected chi connectivity index (χ0v) is 13.1. The van der Waals surface area contributed by atoms with Crippen LogP contribution in [0.3, 0.4) is 0 Å². The van der Waals surface area contributed by atoms with E-state index in [-0.39, 0.29) is 18.1 Å². The van der Waals surface area contributed by atoms with Crippen molar-refractivity contribution in [1.29, 1.82) is 0 Å². The van der Waals surface area contributed by atoms with Gasteiger partial charge in [-0.3, -0.25) is 9.59 Å². The van der Waals surface area contributed by atoms with Gasteiger partial charge in [-0.2, -0.15) is 0 Å². The average Bonchev–Trinajstić information content (AvgIpc) is 3.32. The Labute approximate surface area is 139 Å². The molecule has 0 bridgehead atoms. The number of aliphatic carboxylic acids is 1. The van der Waals surface area contributed by atoms with Crippen molar-refractivity contribution in [2.24, 2.45) is 5.41 Å². The highest BCUT2D eigenvalue weighted by Crippen LogP contribution is 2.49. The number of hydrogen-bond donors (Lipinski definition) is 2. The zero-order chi connectivity index (χ0) is 17.2. The van der Waals surface area contributed by atoms with Gasteiger partial charge in [-0.05, 0) is 48.6 Å². The highest BCUT2D eigenvalue weighted by molar-refractivity contribution is 5.97. The van der Waals surface area contributed by atoms with Crippen molar-refractivity contribution in [3.8, 4) is 0 Å². The number of hydrogen-bond acceptors (Lipinski definition) is 2. The number of carboxylic acids is 1. The standard InChI is InChI=1S/C19H18FNO3/c20-16-4-2-1-3-14(16)12-19(9-10-19)18(24)21-15-7-5-13(6-8-15)11-17(22)23/h1-8H,9-12H2,(H,21,24)(H,22,23). The Morgan fingerprint density at radius 2 is 1.75 bits per heavy atom. The summed E-state index contributed by atoms with van der Waals surface area (Å²) in [5.74, 6) is -1.29. The predicted octanol–water partition coefficient (Wildman–Crippen LogP) is 3.41. The number of rotatable bonds is 6. The molecule has 5 heteroatoms. The third kappa shape index (κ3) is 3.62. The molecule has 1 fully saturated rings. The summed E-state index contributed by atoms with van der Waals surface area (Å²) < 4.78 is 13.8. The molecule has 1 saturated carbocycles. The fourth-order valence-electron chi connectivity index (χ4n) is 2.79. The second kappa shape index (κ2) is 6.43. The largest absolute Gasteiger partial charge is 0.481 e. The summed E-state index contributed by atoms with van der Waals surface area (Å²) in [4.78, 5) is 23.2. The molecule has 2 aromatic rings. The van der Waals surface area contributed by atoms with Crippen LogP contribution >= 0.6 is 0 Å². The molecule has 0 aliphatic heterocycles. The Morgan fingerprint density at radius 1 is 1.08 bits per heavy atom. The Morgan fingerprint density at radius 3 is 2.33 bits per heavy atom.